The molecule has 0 spiro atoms. The summed E-state index contributed by atoms with van der Waals surface area (Å²) >= 11 is 0. The van der Waals surface area contributed by atoms with Crippen LogP contribution in [0.25, 0.3) is 0 Å². The van der Waals surface area contributed by atoms with Gasteiger partial charge in [-0.1, -0.05) is 6.92 Å². The van der Waals surface area contributed by atoms with Gasteiger partial charge in [0.15, 0.2) is 11.6 Å². The van der Waals surface area contributed by atoms with Crippen LogP contribution in [0, 0.1) is 5.82 Å². The molecule has 102 valence electrons. The first-order valence-corrected chi connectivity index (χ1v) is 6.10. The molecule has 0 atom stereocenters. The van der Waals surface area contributed by atoms with Crippen LogP contribution >= 0.6 is 0 Å². The third kappa shape index (κ3) is 4.93. The van der Waals surface area contributed by atoms with E-state index in [1.54, 1.807) is 0 Å². The summed E-state index contributed by atoms with van der Waals surface area (Å²) in [5.41, 5.74) is 0.432. The van der Waals surface area contributed by atoms with Crippen molar-refractivity contribution in [2.45, 2.75) is 13.3 Å². The van der Waals surface area contributed by atoms with Crippen molar-refractivity contribution in [1.82, 2.24) is 14.9 Å². The summed E-state index contributed by atoms with van der Waals surface area (Å²) in [6.07, 6.45) is 1.93. The van der Waals surface area contributed by atoms with Gasteiger partial charge in [-0.2, -0.15) is 0 Å². The average Bonchev–Trinajstić information content (AvgIpc) is 2.35. The van der Waals surface area contributed by atoms with E-state index in [0.717, 1.165) is 6.54 Å². The summed E-state index contributed by atoms with van der Waals surface area (Å²) in [7, 11) is 3.98. The van der Waals surface area contributed by atoms with Gasteiger partial charge >= 0.3 is 0 Å². The van der Waals surface area contributed by atoms with Gasteiger partial charge in [0.25, 0.3) is 0 Å². The van der Waals surface area contributed by atoms with Crippen LogP contribution in [0.1, 0.15) is 12.6 Å². The molecule has 0 aliphatic carbocycles. The Balaban J connectivity index is 2.27. The molecule has 0 bridgehead atoms. The quantitative estimate of drug-likeness (QED) is 0.708. The molecule has 1 N–H and O–H groups in total. The highest BCUT2D eigenvalue weighted by Gasteiger charge is 2.08. The fourth-order valence-electron chi connectivity index (χ4n) is 1.37. The van der Waals surface area contributed by atoms with Crippen LogP contribution in [0.3, 0.4) is 0 Å². The van der Waals surface area contributed by atoms with Gasteiger partial charge in [0.1, 0.15) is 6.33 Å². The van der Waals surface area contributed by atoms with Gasteiger partial charge < -0.3 is 15.0 Å². The van der Waals surface area contributed by atoms with E-state index in [2.05, 4.69) is 15.3 Å². The van der Waals surface area contributed by atoms with Gasteiger partial charge in [0, 0.05) is 13.1 Å². The van der Waals surface area contributed by atoms with E-state index in [4.69, 9.17) is 4.74 Å². The SMILES string of the molecule is CCc1ncnc(NCCOCCN(C)C)c1F. The number of anilines is 1. The Labute approximate surface area is 107 Å². The highest BCUT2D eigenvalue weighted by molar-refractivity contribution is 5.37. The van der Waals surface area contributed by atoms with Gasteiger partial charge in [0.05, 0.1) is 18.9 Å². The van der Waals surface area contributed by atoms with E-state index in [1.807, 2.05) is 25.9 Å². The number of hydrogen-bond donors (Lipinski definition) is 1. The number of halogens is 1. The van der Waals surface area contributed by atoms with Crippen molar-refractivity contribution < 1.29 is 9.13 Å². The van der Waals surface area contributed by atoms with Crippen molar-refractivity contribution in [2.75, 3.05) is 45.7 Å². The zero-order chi connectivity index (χ0) is 13.4. The Kier molecular flexibility index (Phi) is 6.53. The lowest BCUT2D eigenvalue weighted by atomic mass is 10.3. The molecular formula is C12H21FN4O. The molecule has 1 aromatic heterocycles. The number of aromatic nitrogens is 2. The smallest absolute Gasteiger partial charge is 0.186 e. The lowest BCUT2D eigenvalue weighted by Gasteiger charge is -2.11. The van der Waals surface area contributed by atoms with Crippen LogP contribution in [-0.2, 0) is 11.2 Å². The summed E-state index contributed by atoms with van der Waals surface area (Å²) in [6, 6.07) is 0. The van der Waals surface area contributed by atoms with Crippen molar-refractivity contribution in [3.8, 4) is 0 Å². The molecule has 0 radical (unpaired) electrons. The van der Waals surface area contributed by atoms with Gasteiger partial charge in [-0.3, -0.25) is 0 Å². The van der Waals surface area contributed by atoms with Crippen molar-refractivity contribution >= 4 is 5.82 Å². The van der Waals surface area contributed by atoms with Crippen LogP contribution in [0.4, 0.5) is 10.2 Å². The van der Waals surface area contributed by atoms with Crippen LogP contribution < -0.4 is 5.32 Å². The summed E-state index contributed by atoms with van der Waals surface area (Å²) in [6.45, 7) is 4.46. The number of rotatable bonds is 8. The lowest BCUT2D eigenvalue weighted by molar-refractivity contribution is 0.126. The van der Waals surface area contributed by atoms with E-state index in [1.165, 1.54) is 6.33 Å². The molecule has 0 aliphatic heterocycles. The van der Waals surface area contributed by atoms with Gasteiger partial charge in [-0.15, -0.1) is 0 Å². The summed E-state index contributed by atoms with van der Waals surface area (Å²) in [4.78, 5) is 9.79. The molecule has 0 amide bonds. The Morgan fingerprint density at radius 3 is 2.78 bits per heavy atom. The molecule has 5 nitrogen and oxygen atoms in total. The Hall–Kier alpha value is -1.27. The highest BCUT2D eigenvalue weighted by Crippen LogP contribution is 2.12. The lowest BCUT2D eigenvalue weighted by Crippen LogP contribution is -2.20. The molecule has 0 fully saturated rings. The Morgan fingerprint density at radius 1 is 1.33 bits per heavy atom. The first-order chi connectivity index (χ1) is 8.65. The number of hydrogen-bond acceptors (Lipinski definition) is 5. The third-order valence-electron chi connectivity index (χ3n) is 2.42. The van der Waals surface area contributed by atoms with Crippen LogP contribution in [0.2, 0.25) is 0 Å². The maximum absolute atomic E-state index is 13.7. The van der Waals surface area contributed by atoms with Crippen molar-refractivity contribution in [2.24, 2.45) is 0 Å². The standard InChI is InChI=1S/C12H21FN4O/c1-4-10-11(13)12(16-9-15-10)14-5-7-18-8-6-17(2)3/h9H,4-8H2,1-3H3,(H,14,15,16). The Morgan fingerprint density at radius 2 is 2.11 bits per heavy atom. The molecule has 18 heavy (non-hydrogen) atoms. The van der Waals surface area contributed by atoms with Crippen molar-refractivity contribution in [3.63, 3.8) is 0 Å². The van der Waals surface area contributed by atoms with E-state index < -0.39 is 0 Å². The third-order valence-corrected chi connectivity index (χ3v) is 2.42. The zero-order valence-corrected chi connectivity index (χ0v) is 11.2. The first-order valence-electron chi connectivity index (χ1n) is 6.10. The number of likely N-dealkylation sites (N-methyl/N-ethyl adjacent to an activating group) is 1. The maximum Gasteiger partial charge on any atom is 0.186 e. The minimum absolute atomic E-state index is 0.248. The largest absolute Gasteiger partial charge is 0.378 e. The molecule has 0 aromatic carbocycles. The first kappa shape index (κ1) is 14.8. The fourth-order valence-corrected chi connectivity index (χ4v) is 1.37. The van der Waals surface area contributed by atoms with E-state index >= 15 is 0 Å². The molecule has 0 aliphatic rings. The number of aryl methyl sites for hydroxylation is 1. The Bertz CT molecular complexity index is 360. The predicted molar refractivity (Wildman–Crippen MR) is 69.2 cm³/mol. The molecular weight excluding hydrogens is 235 g/mol. The number of nitrogens with zero attached hydrogens (tertiary/aromatic N) is 3. The van der Waals surface area contributed by atoms with Gasteiger partial charge in [-0.05, 0) is 20.5 Å². The highest BCUT2D eigenvalue weighted by atomic mass is 19.1. The second-order valence-electron chi connectivity index (χ2n) is 4.18. The monoisotopic (exact) mass is 256 g/mol. The average molecular weight is 256 g/mol. The van der Waals surface area contributed by atoms with Crippen LogP contribution in [-0.4, -0.2) is 55.3 Å². The van der Waals surface area contributed by atoms with E-state index in [0.29, 0.717) is 31.9 Å². The second-order valence-corrected chi connectivity index (χ2v) is 4.18. The normalized spacial score (nSPS) is 10.9. The van der Waals surface area contributed by atoms with Crippen LogP contribution in [0.5, 0.6) is 0 Å². The molecule has 1 aromatic rings. The van der Waals surface area contributed by atoms with Crippen molar-refractivity contribution in [3.05, 3.63) is 17.8 Å². The summed E-state index contributed by atoms with van der Waals surface area (Å²) in [5, 5.41) is 2.91. The second kappa shape index (κ2) is 7.94. The van der Waals surface area contributed by atoms with Gasteiger partial charge in [-0.25, -0.2) is 14.4 Å². The van der Waals surface area contributed by atoms with Crippen LogP contribution in [0.15, 0.2) is 6.33 Å². The van der Waals surface area contributed by atoms with Crippen molar-refractivity contribution in [1.29, 1.82) is 0 Å². The minimum Gasteiger partial charge on any atom is -0.378 e. The minimum atomic E-state index is -0.367. The molecule has 0 unspecified atom stereocenters. The molecule has 1 heterocycles. The maximum atomic E-state index is 13.7. The number of nitrogens with one attached hydrogen (secondary N) is 1. The summed E-state index contributed by atoms with van der Waals surface area (Å²) in [5.74, 6) is -0.119. The molecule has 0 saturated carbocycles. The fraction of sp³-hybridized carbons (Fsp3) is 0.667. The number of ether oxygens (including phenoxy) is 1. The topological polar surface area (TPSA) is 50.3 Å². The predicted octanol–water partition coefficient (Wildman–Crippen LogP) is 1.17. The van der Waals surface area contributed by atoms with Gasteiger partial charge in [0.2, 0.25) is 0 Å². The zero-order valence-electron chi connectivity index (χ0n) is 11.2. The molecule has 0 saturated heterocycles. The molecule has 6 heteroatoms. The molecule has 1 rings (SSSR count). The van der Waals surface area contributed by atoms with E-state index in [9.17, 15) is 4.39 Å². The summed E-state index contributed by atoms with van der Waals surface area (Å²) < 4.78 is 19.1. The van der Waals surface area contributed by atoms with E-state index in [-0.39, 0.29) is 11.6 Å².